The Morgan fingerprint density at radius 3 is 1.70 bits per heavy atom. The Balaban J connectivity index is 1.07. The first-order valence-electron chi connectivity index (χ1n) is 25.1. The lowest BCUT2D eigenvalue weighted by Crippen LogP contribution is -2.51. The predicted molar refractivity (Wildman–Crippen MR) is 313 cm³/mol. The standard InChI is InChI=1S/C56H61Cl2N15O7/c1-9-28-80-46-22-19-35(62-56-60-32-40(58)52(68-56)66-42-17-13-11-15-38(42)50(77)54(79)71(6)7)30-44(46)64-47(74)23-20-36-33-73(27-26-72(36)8)45-21-18-34(29-43(45)63-48(75)24-25-69(2)3)61-55-59-31-39(57)51(67-55)65-41-16-12-10-14-37(41)49(76)53(78)70(4)5/h10-25,29-32,36H,9,26-28,33H2,1-8H3,(H,63,75)(H,64,74)(H2,59,61,65,67)(H2,60,62,66,68)/b23-20-,25-24+. The van der Waals surface area contributed by atoms with Crippen molar-refractivity contribution in [2.24, 2.45) is 0 Å². The fourth-order valence-corrected chi connectivity index (χ4v) is 8.16. The molecule has 6 N–H and O–H groups in total. The summed E-state index contributed by atoms with van der Waals surface area (Å²) in [6.45, 7) is 4.02. The predicted octanol–water partition coefficient (Wildman–Crippen LogP) is 8.21. The second kappa shape index (κ2) is 27.0. The minimum Gasteiger partial charge on any atom is -0.491 e. The van der Waals surface area contributed by atoms with Gasteiger partial charge < -0.3 is 56.2 Å². The van der Waals surface area contributed by atoms with Crippen molar-refractivity contribution in [3.63, 3.8) is 0 Å². The van der Waals surface area contributed by atoms with Gasteiger partial charge in [-0.1, -0.05) is 60.5 Å². The van der Waals surface area contributed by atoms with E-state index >= 15 is 0 Å². The molecule has 22 nitrogen and oxygen atoms in total. The number of piperazine rings is 1. The number of amides is 4. The number of anilines is 11. The highest BCUT2D eigenvalue weighted by molar-refractivity contribution is 6.44. The SMILES string of the molecule is CCCOc1ccc(Nc2ncc(Cl)c(Nc3ccccc3C(=O)C(=O)N(C)C)n2)cc1NC(=O)/C=C\C1CN(c2ccc(Nc3ncc(Cl)c(Nc4ccccc4C(=O)C(=O)N(C)C)n3)cc2NC(=O)/C=C/N(C)C)CCN1C. The molecule has 1 unspecified atom stereocenters. The van der Waals surface area contributed by atoms with Gasteiger partial charge in [0.15, 0.2) is 11.6 Å². The summed E-state index contributed by atoms with van der Waals surface area (Å²) in [5.74, 6) is -2.52. The number of aromatic nitrogens is 4. The van der Waals surface area contributed by atoms with E-state index in [2.05, 4.69) is 61.6 Å². The minimum atomic E-state index is -0.708. The summed E-state index contributed by atoms with van der Waals surface area (Å²) >= 11 is 13.0. The number of hydrogen-bond donors (Lipinski definition) is 6. The molecule has 4 aromatic carbocycles. The lowest BCUT2D eigenvalue weighted by atomic mass is 10.1. The number of halogens is 2. The van der Waals surface area contributed by atoms with Gasteiger partial charge in [-0.3, -0.25) is 33.7 Å². The molecule has 416 valence electrons. The molecule has 1 fully saturated rings. The smallest absolute Gasteiger partial charge is 0.294 e. The van der Waals surface area contributed by atoms with Gasteiger partial charge in [-0.2, -0.15) is 9.97 Å². The first-order valence-corrected chi connectivity index (χ1v) is 25.9. The van der Waals surface area contributed by atoms with Crippen molar-refractivity contribution in [2.75, 3.05) is 112 Å². The summed E-state index contributed by atoms with van der Waals surface area (Å²) in [6.07, 6.45) is 9.85. The minimum absolute atomic E-state index is 0.136. The Morgan fingerprint density at radius 1 is 0.650 bits per heavy atom. The van der Waals surface area contributed by atoms with Gasteiger partial charge in [0, 0.05) is 97.7 Å². The Morgan fingerprint density at radius 2 is 1.16 bits per heavy atom. The molecule has 1 saturated heterocycles. The van der Waals surface area contributed by atoms with Crippen LogP contribution in [0.2, 0.25) is 10.0 Å². The molecule has 1 atom stereocenters. The summed E-state index contributed by atoms with van der Waals surface area (Å²) in [7, 11) is 11.6. The van der Waals surface area contributed by atoms with Crippen LogP contribution in [0.4, 0.5) is 63.3 Å². The number of nitrogens with one attached hydrogen (secondary N) is 6. The molecule has 24 heteroatoms. The fraction of sp³-hybridized carbons (Fsp3) is 0.250. The van der Waals surface area contributed by atoms with Crippen LogP contribution in [-0.4, -0.2) is 156 Å². The topological polar surface area (TPSA) is 252 Å². The highest BCUT2D eigenvalue weighted by Crippen LogP contribution is 2.35. The van der Waals surface area contributed by atoms with Crippen LogP contribution in [0.25, 0.3) is 0 Å². The average Bonchev–Trinajstić information content (AvgIpc) is 3.44. The van der Waals surface area contributed by atoms with Gasteiger partial charge in [0.1, 0.15) is 15.8 Å². The van der Waals surface area contributed by atoms with Crippen molar-refractivity contribution in [3.8, 4) is 5.75 Å². The maximum absolute atomic E-state index is 13.8. The van der Waals surface area contributed by atoms with Gasteiger partial charge in [-0.05, 0) is 74.1 Å². The Kier molecular flexibility index (Phi) is 19.7. The van der Waals surface area contributed by atoms with E-state index < -0.39 is 29.3 Å². The number of Topliss-reactive ketones (excluding diaryl/α,β-unsaturated/α-hetero) is 2. The van der Waals surface area contributed by atoms with E-state index in [0.29, 0.717) is 66.1 Å². The first kappa shape index (κ1) is 58.6. The molecule has 6 aromatic rings. The van der Waals surface area contributed by atoms with Gasteiger partial charge in [0.2, 0.25) is 23.7 Å². The Labute approximate surface area is 473 Å². The fourth-order valence-electron chi connectivity index (χ4n) is 7.88. The largest absolute Gasteiger partial charge is 0.491 e. The van der Waals surface area contributed by atoms with Crippen LogP contribution in [0, 0.1) is 0 Å². The molecule has 0 radical (unpaired) electrons. The average molecular weight is 1130 g/mol. The monoisotopic (exact) mass is 1130 g/mol. The quantitative estimate of drug-likeness (QED) is 0.0213. The maximum Gasteiger partial charge on any atom is 0.294 e. The number of benzene rings is 4. The maximum atomic E-state index is 13.8. The lowest BCUT2D eigenvalue weighted by molar-refractivity contribution is -0.124. The summed E-state index contributed by atoms with van der Waals surface area (Å²) in [6, 6.07) is 23.4. The normalized spacial score (nSPS) is 13.3. The van der Waals surface area contributed by atoms with Gasteiger partial charge >= 0.3 is 0 Å². The van der Waals surface area contributed by atoms with E-state index in [1.165, 1.54) is 74.7 Å². The van der Waals surface area contributed by atoms with Gasteiger partial charge in [0.25, 0.3) is 23.4 Å². The number of nitrogens with zero attached hydrogens (tertiary/aromatic N) is 9. The molecule has 4 amide bonds. The van der Waals surface area contributed by atoms with Crippen LogP contribution in [0.5, 0.6) is 5.75 Å². The molecule has 1 aliphatic heterocycles. The molecule has 1 aliphatic rings. The van der Waals surface area contributed by atoms with E-state index in [1.807, 2.05) is 32.2 Å². The highest BCUT2D eigenvalue weighted by Gasteiger charge is 2.27. The number of likely N-dealkylation sites (N-methyl/N-ethyl adjacent to an activating group) is 3. The number of ether oxygens (including phenoxy) is 1. The summed E-state index contributed by atoms with van der Waals surface area (Å²) in [5, 5.41) is 18.8. The van der Waals surface area contributed by atoms with Crippen molar-refractivity contribution in [1.82, 2.24) is 39.5 Å². The molecule has 7 rings (SSSR count). The number of carbonyl (C=O) groups excluding carboxylic acids is 6. The van der Waals surface area contributed by atoms with Crippen molar-refractivity contribution in [2.45, 2.75) is 19.4 Å². The van der Waals surface area contributed by atoms with Crippen LogP contribution in [0.1, 0.15) is 34.1 Å². The van der Waals surface area contributed by atoms with Crippen molar-refractivity contribution in [3.05, 3.63) is 143 Å². The molecular weight excluding hydrogens is 1070 g/mol. The van der Waals surface area contributed by atoms with Gasteiger partial charge in [-0.25, -0.2) is 9.97 Å². The molecule has 3 heterocycles. The molecule has 0 bridgehead atoms. The third-order valence-electron chi connectivity index (χ3n) is 12.0. The third-order valence-corrected chi connectivity index (χ3v) is 12.6. The van der Waals surface area contributed by atoms with Gasteiger partial charge in [-0.15, -0.1) is 0 Å². The molecule has 80 heavy (non-hydrogen) atoms. The van der Waals surface area contributed by atoms with Crippen LogP contribution in [0.15, 0.2) is 122 Å². The molecule has 2 aromatic heterocycles. The van der Waals surface area contributed by atoms with Crippen molar-refractivity contribution in [1.29, 1.82) is 0 Å². The van der Waals surface area contributed by atoms with E-state index in [-0.39, 0.29) is 56.7 Å². The van der Waals surface area contributed by atoms with E-state index in [9.17, 15) is 28.8 Å². The molecule has 0 spiro atoms. The van der Waals surface area contributed by atoms with Crippen LogP contribution < -0.4 is 41.5 Å². The summed E-state index contributed by atoms with van der Waals surface area (Å²) < 4.78 is 6.02. The molecule has 0 saturated carbocycles. The van der Waals surface area contributed by atoms with E-state index in [0.717, 1.165) is 12.1 Å². The number of hydrogen-bond acceptors (Lipinski definition) is 18. The Bertz CT molecular complexity index is 3350. The summed E-state index contributed by atoms with van der Waals surface area (Å²) in [5.41, 5.74) is 3.53. The van der Waals surface area contributed by atoms with Crippen LogP contribution >= 0.6 is 23.2 Å². The van der Waals surface area contributed by atoms with Crippen molar-refractivity contribution < 1.29 is 33.5 Å². The van der Waals surface area contributed by atoms with E-state index in [4.69, 9.17) is 27.9 Å². The number of carbonyl (C=O) groups is 6. The van der Waals surface area contributed by atoms with E-state index in [1.54, 1.807) is 85.9 Å². The second-order valence-electron chi connectivity index (χ2n) is 18.8. The van der Waals surface area contributed by atoms with Crippen LogP contribution in [-0.2, 0) is 19.2 Å². The number of rotatable bonds is 22. The second-order valence-corrected chi connectivity index (χ2v) is 19.6. The Hall–Kier alpha value is -9.12. The lowest BCUT2D eigenvalue weighted by Gasteiger charge is -2.40. The zero-order chi connectivity index (χ0) is 57.6. The number of ketones is 2. The van der Waals surface area contributed by atoms with Crippen LogP contribution in [0.3, 0.4) is 0 Å². The zero-order valence-corrected chi connectivity index (χ0v) is 46.8. The molecular formula is C56H61Cl2N15O7. The summed E-state index contributed by atoms with van der Waals surface area (Å²) in [4.78, 5) is 105. The van der Waals surface area contributed by atoms with Crippen molar-refractivity contribution >= 4 is 122 Å². The molecule has 0 aliphatic carbocycles. The number of para-hydroxylation sites is 2. The third kappa shape index (κ3) is 15.3. The van der Waals surface area contributed by atoms with Gasteiger partial charge in [0.05, 0.1) is 58.6 Å². The highest BCUT2D eigenvalue weighted by atomic mass is 35.5. The zero-order valence-electron chi connectivity index (χ0n) is 45.3. The first-order chi connectivity index (χ1) is 38.3.